The van der Waals surface area contributed by atoms with Crippen LogP contribution in [-0.4, -0.2) is 34.8 Å². The molecule has 0 saturated heterocycles. The molecule has 1 heterocycles. The third kappa shape index (κ3) is 5.67. The molecule has 0 aliphatic rings. The summed E-state index contributed by atoms with van der Waals surface area (Å²) >= 11 is 6.32. The lowest BCUT2D eigenvalue weighted by Gasteiger charge is -2.07. The lowest BCUT2D eigenvalue weighted by Crippen LogP contribution is -2.30. The number of amides is 1. The average molecular weight is 430 g/mol. The summed E-state index contributed by atoms with van der Waals surface area (Å²) in [5, 5.41) is 7.12. The van der Waals surface area contributed by atoms with Gasteiger partial charge >= 0.3 is 5.97 Å². The number of benzene rings is 2. The number of rotatable bonds is 8. The van der Waals surface area contributed by atoms with Gasteiger partial charge in [-0.3, -0.25) is 4.79 Å². The van der Waals surface area contributed by atoms with Gasteiger partial charge in [-0.15, -0.1) is 0 Å². The maximum atomic E-state index is 12.9. The molecule has 0 bridgehead atoms. The molecule has 2 aromatic carbocycles. The van der Waals surface area contributed by atoms with Crippen LogP contribution < -0.4 is 5.32 Å². The molecule has 0 aliphatic carbocycles. The highest BCUT2D eigenvalue weighted by atomic mass is 35.5. The Balaban J connectivity index is 1.50. The van der Waals surface area contributed by atoms with Crippen LogP contribution in [0.2, 0.25) is 5.15 Å². The number of aromatic nitrogens is 2. The highest BCUT2D eigenvalue weighted by Gasteiger charge is 2.22. The van der Waals surface area contributed by atoms with E-state index < -0.39 is 18.5 Å². The average Bonchev–Trinajstić information content (AvgIpc) is 3.01. The van der Waals surface area contributed by atoms with Crippen LogP contribution >= 0.6 is 11.6 Å². The van der Waals surface area contributed by atoms with Crippen molar-refractivity contribution in [1.82, 2.24) is 15.1 Å². The molecule has 1 amide bonds. The van der Waals surface area contributed by atoms with Crippen molar-refractivity contribution in [2.45, 2.75) is 19.9 Å². The number of hydrogen-bond donors (Lipinski definition) is 1. The minimum Gasteiger partial charge on any atom is -0.452 e. The number of nitrogens with one attached hydrogen (secondary N) is 1. The normalized spacial score (nSPS) is 10.6. The van der Waals surface area contributed by atoms with Crippen LogP contribution in [0.15, 0.2) is 54.6 Å². The van der Waals surface area contributed by atoms with E-state index in [1.807, 2.05) is 30.3 Å². The fraction of sp³-hybridized carbons (Fsp3) is 0.227. The SMILES string of the molecule is Cc1nn(Cc2ccccc2)c(Cl)c1C(=O)OCC(=O)NCCc1ccc(F)cc1. The standard InChI is InChI=1S/C22H21ClFN3O3/c1-15-20(21(23)27(26-15)13-17-5-3-2-4-6-17)22(29)30-14-19(28)25-12-11-16-7-9-18(24)10-8-16/h2-10H,11-14H2,1H3,(H,25,28). The van der Waals surface area contributed by atoms with Gasteiger partial charge in [0.05, 0.1) is 12.2 Å². The van der Waals surface area contributed by atoms with Crippen LogP contribution in [0.25, 0.3) is 0 Å². The Hall–Kier alpha value is -3.19. The van der Waals surface area contributed by atoms with E-state index in [4.69, 9.17) is 16.3 Å². The monoisotopic (exact) mass is 429 g/mol. The first kappa shape index (κ1) is 21.5. The number of carbonyl (C=O) groups is 2. The van der Waals surface area contributed by atoms with Crippen LogP contribution in [0, 0.1) is 12.7 Å². The van der Waals surface area contributed by atoms with Crippen LogP contribution in [-0.2, 0) is 22.5 Å². The molecule has 0 spiro atoms. The number of hydrogen-bond acceptors (Lipinski definition) is 4. The van der Waals surface area contributed by atoms with E-state index in [-0.39, 0.29) is 16.5 Å². The topological polar surface area (TPSA) is 73.2 Å². The number of esters is 1. The molecular weight excluding hydrogens is 409 g/mol. The zero-order valence-corrected chi connectivity index (χ0v) is 17.2. The predicted octanol–water partition coefficient (Wildman–Crippen LogP) is 3.55. The second-order valence-corrected chi connectivity index (χ2v) is 7.06. The van der Waals surface area contributed by atoms with Crippen LogP contribution in [0.1, 0.15) is 27.2 Å². The molecular formula is C22H21ClFN3O3. The van der Waals surface area contributed by atoms with Gasteiger partial charge in [0, 0.05) is 6.54 Å². The lowest BCUT2D eigenvalue weighted by molar-refractivity contribution is -0.124. The van der Waals surface area contributed by atoms with Crippen LogP contribution in [0.3, 0.4) is 0 Å². The fourth-order valence-electron chi connectivity index (χ4n) is 2.90. The summed E-state index contributed by atoms with van der Waals surface area (Å²) < 4.78 is 19.5. The minimum absolute atomic E-state index is 0.145. The molecule has 6 nitrogen and oxygen atoms in total. The fourth-order valence-corrected chi connectivity index (χ4v) is 3.21. The minimum atomic E-state index is -0.703. The van der Waals surface area contributed by atoms with Gasteiger partial charge in [-0.25, -0.2) is 13.9 Å². The van der Waals surface area contributed by atoms with Crippen LogP contribution in [0.4, 0.5) is 4.39 Å². The molecule has 8 heteroatoms. The zero-order chi connectivity index (χ0) is 21.5. The van der Waals surface area contributed by atoms with E-state index in [9.17, 15) is 14.0 Å². The van der Waals surface area contributed by atoms with E-state index in [2.05, 4.69) is 10.4 Å². The molecule has 1 N–H and O–H groups in total. The van der Waals surface area contributed by atoms with Crippen molar-refractivity contribution in [3.8, 4) is 0 Å². The van der Waals surface area contributed by atoms with Gasteiger partial charge in [-0.2, -0.15) is 5.10 Å². The maximum absolute atomic E-state index is 12.9. The molecule has 0 atom stereocenters. The quantitative estimate of drug-likeness (QED) is 0.556. The number of halogens is 2. The second kappa shape index (κ2) is 10.0. The molecule has 156 valence electrons. The van der Waals surface area contributed by atoms with Crippen molar-refractivity contribution < 1.29 is 18.7 Å². The Morgan fingerprint density at radius 2 is 1.80 bits per heavy atom. The molecule has 1 aromatic heterocycles. The Morgan fingerprint density at radius 3 is 2.50 bits per heavy atom. The van der Waals surface area contributed by atoms with Gasteiger partial charge in [0.25, 0.3) is 5.91 Å². The first-order valence-corrected chi connectivity index (χ1v) is 9.77. The molecule has 0 saturated carbocycles. The molecule has 30 heavy (non-hydrogen) atoms. The van der Waals surface area contributed by atoms with E-state index in [1.165, 1.54) is 16.8 Å². The number of carbonyl (C=O) groups excluding carboxylic acids is 2. The van der Waals surface area contributed by atoms with Gasteiger partial charge in [0.15, 0.2) is 6.61 Å². The molecule has 0 unspecified atom stereocenters. The maximum Gasteiger partial charge on any atom is 0.343 e. The predicted molar refractivity (Wildman–Crippen MR) is 111 cm³/mol. The van der Waals surface area contributed by atoms with E-state index in [0.29, 0.717) is 25.2 Å². The summed E-state index contributed by atoms with van der Waals surface area (Å²) in [7, 11) is 0. The number of aryl methyl sites for hydroxylation is 1. The largest absolute Gasteiger partial charge is 0.452 e. The molecule has 0 aliphatic heterocycles. The van der Waals surface area contributed by atoms with E-state index >= 15 is 0 Å². The summed E-state index contributed by atoms with van der Waals surface area (Å²) in [5.41, 5.74) is 2.45. The van der Waals surface area contributed by atoms with Crippen molar-refractivity contribution in [2.24, 2.45) is 0 Å². The number of nitrogens with zero attached hydrogens (tertiary/aromatic N) is 2. The molecule has 3 aromatic rings. The van der Waals surface area contributed by atoms with Gasteiger partial charge in [0.1, 0.15) is 16.5 Å². The Morgan fingerprint density at radius 1 is 1.10 bits per heavy atom. The first-order chi connectivity index (χ1) is 14.4. The Kier molecular flexibility index (Phi) is 7.19. The third-order valence-electron chi connectivity index (χ3n) is 4.43. The van der Waals surface area contributed by atoms with Gasteiger partial charge in [-0.05, 0) is 36.6 Å². The van der Waals surface area contributed by atoms with Gasteiger partial charge in [0.2, 0.25) is 0 Å². The van der Waals surface area contributed by atoms with E-state index in [0.717, 1.165) is 11.1 Å². The summed E-state index contributed by atoms with van der Waals surface area (Å²) in [5.74, 6) is -1.45. The van der Waals surface area contributed by atoms with Crippen molar-refractivity contribution in [2.75, 3.05) is 13.2 Å². The highest BCUT2D eigenvalue weighted by molar-refractivity contribution is 6.32. The lowest BCUT2D eigenvalue weighted by atomic mass is 10.1. The third-order valence-corrected chi connectivity index (χ3v) is 4.81. The van der Waals surface area contributed by atoms with Crippen molar-refractivity contribution >= 4 is 23.5 Å². The Labute approximate surface area is 178 Å². The second-order valence-electron chi connectivity index (χ2n) is 6.70. The zero-order valence-electron chi connectivity index (χ0n) is 16.4. The smallest absolute Gasteiger partial charge is 0.343 e. The van der Waals surface area contributed by atoms with Crippen molar-refractivity contribution in [1.29, 1.82) is 0 Å². The summed E-state index contributed by atoms with van der Waals surface area (Å²) in [6.45, 7) is 1.99. The van der Waals surface area contributed by atoms with Crippen molar-refractivity contribution in [3.05, 3.63) is 88.0 Å². The number of ether oxygens (including phenoxy) is 1. The van der Waals surface area contributed by atoms with Gasteiger partial charge in [-0.1, -0.05) is 54.1 Å². The highest BCUT2D eigenvalue weighted by Crippen LogP contribution is 2.21. The summed E-state index contributed by atoms with van der Waals surface area (Å²) in [6.07, 6.45) is 0.539. The first-order valence-electron chi connectivity index (χ1n) is 9.39. The molecule has 0 fully saturated rings. The molecule has 0 radical (unpaired) electrons. The summed E-state index contributed by atoms with van der Waals surface area (Å²) in [4.78, 5) is 24.3. The van der Waals surface area contributed by atoms with Crippen LogP contribution in [0.5, 0.6) is 0 Å². The van der Waals surface area contributed by atoms with E-state index in [1.54, 1.807) is 19.1 Å². The van der Waals surface area contributed by atoms with Crippen molar-refractivity contribution in [3.63, 3.8) is 0 Å². The molecule has 3 rings (SSSR count). The Bertz CT molecular complexity index is 1020. The summed E-state index contributed by atoms with van der Waals surface area (Å²) in [6, 6.07) is 15.6. The van der Waals surface area contributed by atoms with Gasteiger partial charge < -0.3 is 10.1 Å².